The third-order valence-electron chi connectivity index (χ3n) is 4.76. The molecule has 0 saturated carbocycles. The lowest BCUT2D eigenvalue weighted by atomic mass is 9.94. The number of halogens is 3. The van der Waals surface area contributed by atoms with E-state index in [0.29, 0.717) is 5.56 Å². The van der Waals surface area contributed by atoms with E-state index in [4.69, 9.17) is 15.2 Å². The smallest absolute Gasteiger partial charge is 0.481 e. The number of carbonyl (C=O) groups excluding carboxylic acids is 3. The van der Waals surface area contributed by atoms with Gasteiger partial charge in [0.25, 0.3) is 6.29 Å². The maximum Gasteiger partial charge on any atom is 0.491 e. The van der Waals surface area contributed by atoms with E-state index in [0.717, 1.165) is 13.0 Å². The molecule has 36 heavy (non-hydrogen) atoms. The highest BCUT2D eigenvalue weighted by Crippen LogP contribution is 2.25. The third kappa shape index (κ3) is 8.42. The summed E-state index contributed by atoms with van der Waals surface area (Å²) in [5, 5.41) is 24.3. The summed E-state index contributed by atoms with van der Waals surface area (Å²) in [6.45, 7) is 1.01. The second-order valence-electron chi connectivity index (χ2n) is 7.61. The van der Waals surface area contributed by atoms with Crippen molar-refractivity contribution in [2.45, 2.75) is 56.6 Å². The number of esters is 1. The zero-order chi connectivity index (χ0) is 27.0. The first-order valence-electron chi connectivity index (χ1n) is 10.4. The number of alkyl carbamates (subject to hydrolysis) is 1. The van der Waals surface area contributed by atoms with Crippen molar-refractivity contribution in [2.75, 3.05) is 0 Å². The van der Waals surface area contributed by atoms with Crippen LogP contribution in [0.4, 0.5) is 18.0 Å². The minimum Gasteiger partial charge on any atom is -0.481 e. The highest BCUT2D eigenvalue weighted by Gasteiger charge is 2.45. The van der Waals surface area contributed by atoms with Crippen LogP contribution in [-0.4, -0.2) is 70.9 Å². The van der Waals surface area contributed by atoms with Crippen LogP contribution >= 0.6 is 0 Å². The molecule has 1 aromatic carbocycles. The van der Waals surface area contributed by atoms with Crippen molar-refractivity contribution in [3.8, 4) is 0 Å². The van der Waals surface area contributed by atoms with Crippen molar-refractivity contribution in [1.82, 2.24) is 10.6 Å². The Hall–Kier alpha value is -3.85. The maximum absolute atomic E-state index is 12.8. The normalized spacial score (nSPS) is 21.2. The summed E-state index contributed by atoms with van der Waals surface area (Å²) in [5.74, 6) is -5.55. The van der Waals surface area contributed by atoms with Crippen molar-refractivity contribution in [3.63, 3.8) is 0 Å². The van der Waals surface area contributed by atoms with E-state index in [-0.39, 0.29) is 6.54 Å². The average Bonchev–Trinajstić information content (AvgIpc) is 2.78. The van der Waals surface area contributed by atoms with Crippen LogP contribution in [0.1, 0.15) is 18.9 Å². The number of carboxylic acid groups (broad SMARTS) is 1. The van der Waals surface area contributed by atoms with Gasteiger partial charge in [0, 0.05) is 19.9 Å². The zero-order valence-electron chi connectivity index (χ0n) is 18.7. The van der Waals surface area contributed by atoms with Gasteiger partial charge in [-0.3, -0.25) is 4.79 Å². The molecule has 0 saturated heterocycles. The summed E-state index contributed by atoms with van der Waals surface area (Å²) in [6.07, 6.45) is -12.6. The van der Waals surface area contributed by atoms with Crippen molar-refractivity contribution >= 4 is 23.9 Å². The monoisotopic (exact) mass is 519 g/mol. The van der Waals surface area contributed by atoms with E-state index >= 15 is 0 Å². The number of carbonyl (C=O) groups is 4. The number of alkyl halides is 3. The molecule has 2 rings (SSSR count). The van der Waals surface area contributed by atoms with Gasteiger partial charge in [-0.1, -0.05) is 30.3 Å². The molecular weight excluding hydrogens is 495 g/mol. The zero-order valence-corrected chi connectivity index (χ0v) is 18.7. The van der Waals surface area contributed by atoms with E-state index < -0.39 is 72.9 Å². The van der Waals surface area contributed by atoms with Crippen LogP contribution in [0.25, 0.3) is 0 Å². The van der Waals surface area contributed by atoms with Gasteiger partial charge in [-0.25, -0.2) is 14.4 Å². The first kappa shape index (κ1) is 28.4. The number of hydrogen-bond acceptors (Lipinski definition) is 9. The molecule has 2 amide bonds. The van der Waals surface area contributed by atoms with Crippen molar-refractivity contribution < 1.29 is 56.8 Å². The number of hydrogen-bond donors (Lipinski definition) is 5. The largest absolute Gasteiger partial charge is 0.491 e. The molecule has 0 bridgehead atoms. The highest BCUT2D eigenvalue weighted by molar-refractivity contribution is 5.84. The van der Waals surface area contributed by atoms with Gasteiger partial charge in [0.05, 0.1) is 12.1 Å². The van der Waals surface area contributed by atoms with Gasteiger partial charge in [-0.15, -0.1) is 0 Å². The van der Waals surface area contributed by atoms with Gasteiger partial charge in [0.1, 0.15) is 12.2 Å². The predicted molar refractivity (Wildman–Crippen MR) is 112 cm³/mol. The van der Waals surface area contributed by atoms with E-state index in [1.165, 1.54) is 0 Å². The fourth-order valence-corrected chi connectivity index (χ4v) is 3.16. The number of ether oxygens (including phenoxy) is 3. The van der Waals surface area contributed by atoms with Crippen molar-refractivity contribution in [1.29, 1.82) is 0 Å². The lowest BCUT2D eigenvalue weighted by molar-refractivity contribution is -0.232. The SMILES string of the molecule is CC(=O)N[C@@H]1[C@@H](N)C=C(C(=O)O)O[C@@H]1CC(O)C(OC(=O)NCc1ccccc1)OC(=O)C(F)(F)F. The lowest BCUT2D eigenvalue weighted by Crippen LogP contribution is -2.57. The Labute approximate surface area is 202 Å². The molecule has 15 heteroatoms. The van der Waals surface area contributed by atoms with E-state index in [2.05, 4.69) is 15.4 Å². The predicted octanol–water partition coefficient (Wildman–Crippen LogP) is 0.295. The van der Waals surface area contributed by atoms with Crippen LogP contribution in [0, 0.1) is 0 Å². The number of aliphatic hydroxyl groups is 1. The molecule has 0 aliphatic carbocycles. The van der Waals surface area contributed by atoms with Crippen LogP contribution < -0.4 is 16.4 Å². The summed E-state index contributed by atoms with van der Waals surface area (Å²) in [6, 6.07) is 6.05. The quantitative estimate of drug-likeness (QED) is 0.224. The third-order valence-corrected chi connectivity index (χ3v) is 4.76. The number of nitrogens with two attached hydrogens (primary N) is 1. The Morgan fingerprint density at radius 1 is 1.17 bits per heavy atom. The molecule has 0 spiro atoms. The van der Waals surface area contributed by atoms with Crippen LogP contribution in [0.3, 0.4) is 0 Å². The fourth-order valence-electron chi connectivity index (χ4n) is 3.16. The Balaban J connectivity index is 2.19. The van der Waals surface area contributed by atoms with Crippen LogP contribution in [-0.2, 0) is 35.1 Å². The van der Waals surface area contributed by atoms with Gasteiger partial charge in [-0.05, 0) is 11.6 Å². The standard InChI is InChI=1S/C21H24F3N3O9/c1-10(28)27-16-12(25)7-15(17(30)31)34-14(16)8-13(29)18(35-19(32)21(22,23)24)36-20(33)26-9-11-5-3-2-4-6-11/h2-7,12-14,16,18,29H,8-9,25H2,1H3,(H,26,33)(H,27,28)(H,30,31)/t12-,13?,14+,16+,18?/m0/s1. The second-order valence-corrected chi connectivity index (χ2v) is 7.61. The molecule has 0 fully saturated rings. The number of rotatable bonds is 9. The number of amides is 2. The molecule has 5 atom stereocenters. The number of aliphatic hydroxyl groups excluding tert-OH is 1. The molecule has 1 aromatic rings. The second kappa shape index (κ2) is 12.2. The van der Waals surface area contributed by atoms with Gasteiger partial charge in [0.15, 0.2) is 0 Å². The molecule has 1 aliphatic heterocycles. The summed E-state index contributed by atoms with van der Waals surface area (Å²) in [7, 11) is 0. The number of nitrogens with one attached hydrogen (secondary N) is 2. The summed E-state index contributed by atoms with van der Waals surface area (Å²) >= 11 is 0. The topological polar surface area (TPSA) is 187 Å². The summed E-state index contributed by atoms with van der Waals surface area (Å²) in [4.78, 5) is 46.4. The van der Waals surface area contributed by atoms with Crippen molar-refractivity contribution in [3.05, 3.63) is 47.7 Å². The summed E-state index contributed by atoms with van der Waals surface area (Å²) < 4.78 is 52.4. The lowest BCUT2D eigenvalue weighted by Gasteiger charge is -2.36. The van der Waals surface area contributed by atoms with Gasteiger partial charge in [0.2, 0.25) is 11.7 Å². The van der Waals surface area contributed by atoms with E-state index in [9.17, 15) is 42.6 Å². The molecule has 6 N–H and O–H groups in total. The number of aliphatic carboxylic acids is 1. The van der Waals surface area contributed by atoms with Gasteiger partial charge < -0.3 is 40.8 Å². The molecular formula is C21H24F3N3O9. The van der Waals surface area contributed by atoms with Crippen LogP contribution in [0.5, 0.6) is 0 Å². The van der Waals surface area contributed by atoms with Gasteiger partial charge in [-0.2, -0.15) is 13.2 Å². The average molecular weight is 519 g/mol. The molecule has 0 radical (unpaired) electrons. The Morgan fingerprint density at radius 2 is 1.81 bits per heavy atom. The molecule has 12 nitrogen and oxygen atoms in total. The van der Waals surface area contributed by atoms with Crippen LogP contribution in [0.15, 0.2) is 42.2 Å². The highest BCUT2D eigenvalue weighted by atomic mass is 19.4. The molecule has 0 aromatic heterocycles. The Kier molecular flexibility index (Phi) is 9.63. The number of carboxylic acids is 1. The van der Waals surface area contributed by atoms with E-state index in [1.54, 1.807) is 30.3 Å². The first-order chi connectivity index (χ1) is 16.8. The van der Waals surface area contributed by atoms with Crippen molar-refractivity contribution in [2.24, 2.45) is 5.73 Å². The Bertz CT molecular complexity index is 988. The Morgan fingerprint density at radius 3 is 2.36 bits per heavy atom. The molecule has 1 heterocycles. The van der Waals surface area contributed by atoms with Crippen LogP contribution in [0.2, 0.25) is 0 Å². The van der Waals surface area contributed by atoms with E-state index in [1.807, 2.05) is 0 Å². The minimum absolute atomic E-state index is 0.104. The molecule has 2 unspecified atom stereocenters. The fraction of sp³-hybridized carbons (Fsp3) is 0.429. The van der Waals surface area contributed by atoms with Gasteiger partial charge >= 0.3 is 24.2 Å². The molecule has 1 aliphatic rings. The number of benzene rings is 1. The minimum atomic E-state index is -5.48. The molecule has 198 valence electrons. The summed E-state index contributed by atoms with van der Waals surface area (Å²) in [5.41, 5.74) is 6.47. The maximum atomic E-state index is 12.8. The first-order valence-corrected chi connectivity index (χ1v) is 10.4.